The molecule has 1 aliphatic rings. The highest BCUT2D eigenvalue weighted by Crippen LogP contribution is 2.32. The maximum Gasteiger partial charge on any atom is 0.223 e. The van der Waals surface area contributed by atoms with Gasteiger partial charge in [0.05, 0.1) is 13.0 Å². The number of nitrogens with one attached hydrogen (secondary N) is 1. The molecular weight excluding hydrogens is 288 g/mol. The molecule has 0 spiro atoms. The smallest absolute Gasteiger partial charge is 0.223 e. The Morgan fingerprint density at radius 2 is 2.10 bits per heavy atom. The Morgan fingerprint density at radius 1 is 1.38 bits per heavy atom. The summed E-state index contributed by atoms with van der Waals surface area (Å²) in [7, 11) is 0. The molecule has 0 aliphatic heterocycles. The molecule has 1 fully saturated rings. The molecule has 0 bridgehead atoms. The monoisotopic (exact) mass is 312 g/mol. The largest absolute Gasteiger partial charge is 0.493 e. The zero-order chi connectivity index (χ0) is 14.5. The van der Waals surface area contributed by atoms with E-state index in [1.165, 1.54) is 24.0 Å². The fraction of sp³-hybridized carbons (Fsp3) is 0.562. The predicted molar refractivity (Wildman–Crippen MR) is 87.0 cm³/mol. The maximum absolute atomic E-state index is 11.8. The maximum atomic E-state index is 11.8. The van der Waals surface area contributed by atoms with Gasteiger partial charge in [-0.1, -0.05) is 6.07 Å². The lowest BCUT2D eigenvalue weighted by Crippen LogP contribution is -2.42. The van der Waals surface area contributed by atoms with Crippen LogP contribution in [0.15, 0.2) is 18.2 Å². The molecule has 118 valence electrons. The zero-order valence-corrected chi connectivity index (χ0v) is 13.5. The number of hydrogen-bond donors (Lipinski definition) is 2. The Labute approximate surface area is 132 Å². The van der Waals surface area contributed by atoms with Crippen molar-refractivity contribution in [3.63, 3.8) is 0 Å². The Morgan fingerprint density at radius 3 is 2.67 bits per heavy atom. The van der Waals surface area contributed by atoms with Crippen LogP contribution in [0.2, 0.25) is 0 Å². The van der Waals surface area contributed by atoms with E-state index in [0.717, 1.165) is 5.75 Å². The molecule has 1 unspecified atom stereocenters. The van der Waals surface area contributed by atoms with E-state index in [2.05, 4.69) is 19.2 Å². The Bertz CT molecular complexity index is 475. The number of halogens is 1. The molecule has 1 amide bonds. The first-order valence-corrected chi connectivity index (χ1v) is 7.29. The molecule has 3 N–H and O–H groups in total. The summed E-state index contributed by atoms with van der Waals surface area (Å²) in [5.74, 6) is 1.43. The van der Waals surface area contributed by atoms with Crippen molar-refractivity contribution >= 4 is 18.3 Å². The van der Waals surface area contributed by atoms with Crippen molar-refractivity contribution in [1.29, 1.82) is 0 Å². The summed E-state index contributed by atoms with van der Waals surface area (Å²) in [5.41, 5.74) is 8.11. The third-order valence-corrected chi connectivity index (χ3v) is 3.87. The lowest BCUT2D eigenvalue weighted by atomic mass is 10.1. The topological polar surface area (TPSA) is 64.3 Å². The average Bonchev–Trinajstić information content (AvgIpc) is 3.24. The number of amides is 1. The second kappa shape index (κ2) is 8.25. The molecule has 1 aliphatic carbocycles. The van der Waals surface area contributed by atoms with E-state index in [9.17, 15) is 4.79 Å². The molecule has 0 saturated heterocycles. The minimum Gasteiger partial charge on any atom is -0.493 e. The minimum atomic E-state index is 0. The highest BCUT2D eigenvalue weighted by molar-refractivity contribution is 5.85. The summed E-state index contributed by atoms with van der Waals surface area (Å²) in [6, 6.07) is 6.11. The second-order valence-corrected chi connectivity index (χ2v) is 5.59. The van der Waals surface area contributed by atoms with Crippen LogP contribution in [0.5, 0.6) is 5.75 Å². The summed E-state index contributed by atoms with van der Waals surface area (Å²) < 4.78 is 5.61. The van der Waals surface area contributed by atoms with Crippen molar-refractivity contribution in [3.05, 3.63) is 29.3 Å². The van der Waals surface area contributed by atoms with Gasteiger partial charge in [-0.15, -0.1) is 12.4 Å². The van der Waals surface area contributed by atoms with Gasteiger partial charge >= 0.3 is 0 Å². The van der Waals surface area contributed by atoms with Crippen molar-refractivity contribution in [1.82, 2.24) is 5.32 Å². The minimum absolute atomic E-state index is 0. The van der Waals surface area contributed by atoms with Crippen molar-refractivity contribution in [2.75, 3.05) is 13.2 Å². The molecule has 1 aromatic rings. The predicted octanol–water partition coefficient (Wildman–Crippen LogP) is 2.35. The molecule has 0 radical (unpaired) electrons. The number of carbonyl (C=O) groups excluding carboxylic acids is 1. The van der Waals surface area contributed by atoms with Crippen LogP contribution < -0.4 is 15.8 Å². The van der Waals surface area contributed by atoms with Gasteiger partial charge in [-0.25, -0.2) is 0 Å². The summed E-state index contributed by atoms with van der Waals surface area (Å²) in [5, 5.41) is 2.99. The molecule has 21 heavy (non-hydrogen) atoms. The molecule has 5 heteroatoms. The van der Waals surface area contributed by atoms with E-state index in [-0.39, 0.29) is 24.4 Å². The average molecular weight is 313 g/mol. The molecule has 0 aromatic heterocycles. The fourth-order valence-corrected chi connectivity index (χ4v) is 2.21. The molecule has 1 saturated carbocycles. The standard InChI is InChI=1S/C16H24N2O2.ClH/c1-11-3-6-14(9-12(11)2)20-8-7-16(19)18-15(10-17)13-4-5-13;/h3,6,9,13,15H,4-5,7-8,10,17H2,1-2H3,(H,18,19);1H. The van der Waals surface area contributed by atoms with E-state index < -0.39 is 0 Å². The van der Waals surface area contributed by atoms with Crippen LogP contribution in [-0.2, 0) is 4.79 Å². The number of ether oxygens (including phenoxy) is 1. The zero-order valence-electron chi connectivity index (χ0n) is 12.7. The van der Waals surface area contributed by atoms with Crippen LogP contribution in [0.3, 0.4) is 0 Å². The molecule has 2 rings (SSSR count). The summed E-state index contributed by atoms with van der Waals surface area (Å²) in [6.07, 6.45) is 2.73. The van der Waals surface area contributed by atoms with Gasteiger partial charge in [0.25, 0.3) is 0 Å². The van der Waals surface area contributed by atoms with E-state index in [0.29, 0.717) is 25.5 Å². The van der Waals surface area contributed by atoms with Crippen LogP contribution in [0.1, 0.15) is 30.4 Å². The Kier molecular flexibility index (Phi) is 6.99. The van der Waals surface area contributed by atoms with Gasteiger partial charge < -0.3 is 15.8 Å². The lowest BCUT2D eigenvalue weighted by Gasteiger charge is -2.16. The van der Waals surface area contributed by atoms with E-state index in [1.807, 2.05) is 18.2 Å². The molecule has 1 aromatic carbocycles. The lowest BCUT2D eigenvalue weighted by molar-refractivity contribution is -0.122. The summed E-state index contributed by atoms with van der Waals surface area (Å²) in [4.78, 5) is 11.8. The van der Waals surface area contributed by atoms with Crippen LogP contribution in [-0.4, -0.2) is 25.1 Å². The van der Waals surface area contributed by atoms with Gasteiger partial charge in [-0.05, 0) is 55.9 Å². The number of hydrogen-bond acceptors (Lipinski definition) is 3. The first kappa shape index (κ1) is 17.8. The number of rotatable bonds is 7. The van der Waals surface area contributed by atoms with Crippen molar-refractivity contribution in [3.8, 4) is 5.75 Å². The van der Waals surface area contributed by atoms with Crippen molar-refractivity contribution < 1.29 is 9.53 Å². The van der Waals surface area contributed by atoms with E-state index in [1.54, 1.807) is 0 Å². The highest BCUT2D eigenvalue weighted by Gasteiger charge is 2.30. The normalized spacial score (nSPS) is 15.0. The first-order chi connectivity index (χ1) is 9.60. The van der Waals surface area contributed by atoms with Crippen LogP contribution in [0, 0.1) is 19.8 Å². The van der Waals surface area contributed by atoms with Crippen LogP contribution in [0.4, 0.5) is 0 Å². The van der Waals surface area contributed by atoms with Gasteiger partial charge in [-0.2, -0.15) is 0 Å². The SMILES string of the molecule is Cc1ccc(OCCC(=O)NC(CN)C2CC2)cc1C.Cl. The summed E-state index contributed by atoms with van der Waals surface area (Å²) in [6.45, 7) is 5.04. The molecular formula is C16H25ClN2O2. The second-order valence-electron chi connectivity index (χ2n) is 5.59. The van der Waals surface area contributed by atoms with Crippen molar-refractivity contribution in [2.45, 2.75) is 39.2 Å². The third kappa shape index (κ3) is 5.56. The number of benzene rings is 1. The van der Waals surface area contributed by atoms with Crippen LogP contribution >= 0.6 is 12.4 Å². The van der Waals surface area contributed by atoms with Crippen molar-refractivity contribution in [2.24, 2.45) is 11.7 Å². The first-order valence-electron chi connectivity index (χ1n) is 7.29. The highest BCUT2D eigenvalue weighted by atomic mass is 35.5. The number of aryl methyl sites for hydroxylation is 2. The summed E-state index contributed by atoms with van der Waals surface area (Å²) >= 11 is 0. The molecule has 1 atom stereocenters. The van der Waals surface area contributed by atoms with E-state index >= 15 is 0 Å². The third-order valence-electron chi connectivity index (χ3n) is 3.87. The Balaban J connectivity index is 0.00000220. The quantitative estimate of drug-likeness (QED) is 0.812. The number of nitrogens with two attached hydrogens (primary N) is 1. The molecule has 0 heterocycles. The van der Waals surface area contributed by atoms with E-state index in [4.69, 9.17) is 10.5 Å². The fourth-order valence-electron chi connectivity index (χ4n) is 2.21. The van der Waals surface area contributed by atoms with Crippen LogP contribution in [0.25, 0.3) is 0 Å². The van der Waals surface area contributed by atoms with Gasteiger partial charge in [0.1, 0.15) is 5.75 Å². The van der Waals surface area contributed by atoms with Gasteiger partial charge in [-0.3, -0.25) is 4.79 Å². The molecule has 4 nitrogen and oxygen atoms in total. The van der Waals surface area contributed by atoms with Gasteiger partial charge in [0, 0.05) is 12.6 Å². The van der Waals surface area contributed by atoms with Gasteiger partial charge in [0.2, 0.25) is 5.91 Å². The van der Waals surface area contributed by atoms with Gasteiger partial charge in [0.15, 0.2) is 0 Å². The Hall–Kier alpha value is -1.26. The number of carbonyl (C=O) groups is 1.